The summed E-state index contributed by atoms with van der Waals surface area (Å²) in [6.45, 7) is 2.43. The number of nitrogens with zero attached hydrogens (tertiary/aromatic N) is 2. The van der Waals surface area contributed by atoms with Crippen LogP contribution in [0.25, 0.3) is 11.4 Å². The van der Waals surface area contributed by atoms with Gasteiger partial charge in [0.1, 0.15) is 5.75 Å². The van der Waals surface area contributed by atoms with Crippen LogP contribution in [-0.4, -0.2) is 28.4 Å². The van der Waals surface area contributed by atoms with E-state index in [0.29, 0.717) is 35.6 Å². The van der Waals surface area contributed by atoms with Crippen LogP contribution in [0.4, 0.5) is 14.5 Å². The van der Waals surface area contributed by atoms with E-state index in [-0.39, 0.29) is 18.0 Å². The Bertz CT molecular complexity index is 981. The van der Waals surface area contributed by atoms with Crippen molar-refractivity contribution in [3.05, 3.63) is 60.0 Å². The second kappa shape index (κ2) is 10.0. The minimum absolute atomic E-state index is 0.206. The van der Waals surface area contributed by atoms with Crippen LogP contribution >= 0.6 is 11.8 Å². The molecule has 1 amide bonds. The van der Waals surface area contributed by atoms with Crippen molar-refractivity contribution in [2.75, 3.05) is 17.7 Å². The maximum atomic E-state index is 13.2. The number of hydrogen-bond donors (Lipinski definition) is 1. The Labute approximate surface area is 170 Å². The zero-order valence-electron chi connectivity index (χ0n) is 15.7. The molecule has 3 aromatic rings. The first-order chi connectivity index (χ1) is 14.1. The standard InChI is InChI=1S/C20H19F2N3O3S/c1-2-27-17-6-4-3-5-14(17)20-24-19(28-25-20)12-29-10-9-18(26)23-13-7-8-15(21)16(22)11-13/h3-8,11H,2,9-10,12H2,1H3,(H,23,26). The third-order valence-electron chi connectivity index (χ3n) is 3.80. The van der Waals surface area contributed by atoms with Gasteiger partial charge in [0.05, 0.1) is 17.9 Å². The van der Waals surface area contributed by atoms with Crippen LogP contribution in [0.5, 0.6) is 5.75 Å². The normalized spacial score (nSPS) is 10.7. The highest BCUT2D eigenvalue weighted by Gasteiger charge is 2.13. The maximum absolute atomic E-state index is 13.2. The highest BCUT2D eigenvalue weighted by atomic mass is 32.2. The molecule has 0 aliphatic carbocycles. The van der Waals surface area contributed by atoms with Crippen molar-refractivity contribution in [3.8, 4) is 17.1 Å². The first-order valence-electron chi connectivity index (χ1n) is 8.94. The first-order valence-corrected chi connectivity index (χ1v) is 10.1. The second-order valence-corrected chi connectivity index (χ2v) is 7.03. The summed E-state index contributed by atoms with van der Waals surface area (Å²) in [6.07, 6.45) is 0.206. The Morgan fingerprint density at radius 3 is 2.83 bits per heavy atom. The molecule has 0 aliphatic rings. The van der Waals surface area contributed by atoms with Gasteiger partial charge in [-0.25, -0.2) is 8.78 Å². The molecule has 1 aromatic heterocycles. The van der Waals surface area contributed by atoms with Gasteiger partial charge >= 0.3 is 0 Å². The molecule has 9 heteroatoms. The van der Waals surface area contributed by atoms with Gasteiger partial charge in [-0.15, -0.1) is 0 Å². The van der Waals surface area contributed by atoms with Gasteiger partial charge in [0.2, 0.25) is 17.6 Å². The summed E-state index contributed by atoms with van der Waals surface area (Å²) >= 11 is 1.45. The number of para-hydroxylation sites is 1. The minimum atomic E-state index is -1.00. The van der Waals surface area contributed by atoms with Crippen molar-refractivity contribution in [2.24, 2.45) is 0 Å². The molecule has 0 spiro atoms. The number of benzene rings is 2. The summed E-state index contributed by atoms with van der Waals surface area (Å²) in [7, 11) is 0. The number of carbonyl (C=O) groups excluding carboxylic acids is 1. The van der Waals surface area contributed by atoms with Gasteiger partial charge < -0.3 is 14.6 Å². The van der Waals surface area contributed by atoms with E-state index in [1.54, 1.807) is 0 Å². The Kier molecular flexibility index (Phi) is 7.18. The average molecular weight is 419 g/mol. The number of carbonyl (C=O) groups is 1. The zero-order valence-corrected chi connectivity index (χ0v) is 16.5. The molecule has 0 radical (unpaired) electrons. The number of rotatable bonds is 9. The van der Waals surface area contributed by atoms with Gasteiger partial charge in [-0.05, 0) is 31.2 Å². The van der Waals surface area contributed by atoms with E-state index >= 15 is 0 Å². The number of hydrogen-bond acceptors (Lipinski definition) is 6. The summed E-state index contributed by atoms with van der Waals surface area (Å²) < 4.78 is 36.9. The molecular weight excluding hydrogens is 400 g/mol. The molecule has 1 N–H and O–H groups in total. The monoisotopic (exact) mass is 419 g/mol. The van der Waals surface area contributed by atoms with E-state index in [1.165, 1.54) is 17.8 Å². The lowest BCUT2D eigenvalue weighted by Crippen LogP contribution is -2.12. The van der Waals surface area contributed by atoms with Gasteiger partial charge in [-0.1, -0.05) is 17.3 Å². The number of thioether (sulfide) groups is 1. The molecule has 3 rings (SSSR count). The molecule has 1 heterocycles. The van der Waals surface area contributed by atoms with Gasteiger partial charge in [-0.3, -0.25) is 4.79 Å². The van der Waals surface area contributed by atoms with Crippen molar-refractivity contribution < 1.29 is 22.8 Å². The lowest BCUT2D eigenvalue weighted by molar-refractivity contribution is -0.115. The van der Waals surface area contributed by atoms with E-state index in [2.05, 4.69) is 15.5 Å². The number of halogens is 2. The van der Waals surface area contributed by atoms with E-state index in [1.807, 2.05) is 31.2 Å². The summed E-state index contributed by atoms with van der Waals surface area (Å²) in [5.41, 5.74) is 0.966. The third-order valence-corrected chi connectivity index (χ3v) is 4.74. The Morgan fingerprint density at radius 2 is 2.03 bits per heavy atom. The molecule has 0 aliphatic heterocycles. The maximum Gasteiger partial charge on any atom is 0.236 e. The Morgan fingerprint density at radius 1 is 1.21 bits per heavy atom. The predicted octanol–water partition coefficient (Wildman–Crippen LogP) is 4.68. The van der Waals surface area contributed by atoms with Gasteiger partial charge in [0.15, 0.2) is 11.6 Å². The Balaban J connectivity index is 1.47. The van der Waals surface area contributed by atoms with E-state index < -0.39 is 11.6 Å². The molecule has 29 heavy (non-hydrogen) atoms. The summed E-state index contributed by atoms with van der Waals surface area (Å²) in [5, 5.41) is 6.52. The van der Waals surface area contributed by atoms with Crippen LogP contribution in [0.2, 0.25) is 0 Å². The largest absolute Gasteiger partial charge is 0.493 e. The topological polar surface area (TPSA) is 77.2 Å². The number of ether oxygens (including phenoxy) is 1. The van der Waals surface area contributed by atoms with Crippen molar-refractivity contribution in [1.82, 2.24) is 10.1 Å². The van der Waals surface area contributed by atoms with E-state index in [0.717, 1.165) is 17.7 Å². The molecular formula is C20H19F2N3O3S. The van der Waals surface area contributed by atoms with Gasteiger partial charge in [0.25, 0.3) is 0 Å². The van der Waals surface area contributed by atoms with Crippen LogP contribution in [-0.2, 0) is 10.5 Å². The summed E-state index contributed by atoms with van der Waals surface area (Å²) in [4.78, 5) is 16.3. The van der Waals surface area contributed by atoms with Crippen molar-refractivity contribution in [3.63, 3.8) is 0 Å². The van der Waals surface area contributed by atoms with Crippen molar-refractivity contribution in [2.45, 2.75) is 19.1 Å². The van der Waals surface area contributed by atoms with Crippen LogP contribution in [0.15, 0.2) is 47.0 Å². The predicted molar refractivity (Wildman–Crippen MR) is 107 cm³/mol. The molecule has 2 aromatic carbocycles. The number of nitrogens with one attached hydrogen (secondary N) is 1. The summed E-state index contributed by atoms with van der Waals surface area (Å²) in [6, 6.07) is 10.7. The second-order valence-electron chi connectivity index (χ2n) is 5.92. The quantitative estimate of drug-likeness (QED) is 0.508. The summed E-state index contributed by atoms with van der Waals surface area (Å²) in [5.74, 6) is 0.268. The molecule has 0 atom stereocenters. The highest BCUT2D eigenvalue weighted by molar-refractivity contribution is 7.98. The van der Waals surface area contributed by atoms with Crippen molar-refractivity contribution >= 4 is 23.4 Å². The third kappa shape index (κ3) is 5.77. The SMILES string of the molecule is CCOc1ccccc1-c1noc(CSCCC(=O)Nc2ccc(F)c(F)c2)n1. The fourth-order valence-corrected chi connectivity index (χ4v) is 3.24. The van der Waals surface area contributed by atoms with E-state index in [9.17, 15) is 13.6 Å². The molecule has 152 valence electrons. The lowest BCUT2D eigenvalue weighted by Gasteiger charge is -2.06. The number of amides is 1. The molecule has 0 bridgehead atoms. The van der Waals surface area contributed by atoms with Gasteiger partial charge in [0, 0.05) is 23.9 Å². The average Bonchev–Trinajstić information content (AvgIpc) is 3.18. The van der Waals surface area contributed by atoms with Crippen LogP contribution in [0.1, 0.15) is 19.2 Å². The number of anilines is 1. The minimum Gasteiger partial charge on any atom is -0.493 e. The first kappa shape index (κ1) is 20.8. The van der Waals surface area contributed by atoms with Crippen LogP contribution < -0.4 is 10.1 Å². The lowest BCUT2D eigenvalue weighted by atomic mass is 10.2. The molecule has 0 fully saturated rings. The van der Waals surface area contributed by atoms with Crippen LogP contribution in [0.3, 0.4) is 0 Å². The smallest absolute Gasteiger partial charge is 0.236 e. The van der Waals surface area contributed by atoms with Crippen LogP contribution in [0, 0.1) is 11.6 Å². The number of aromatic nitrogens is 2. The van der Waals surface area contributed by atoms with Crippen molar-refractivity contribution in [1.29, 1.82) is 0 Å². The molecule has 0 unspecified atom stereocenters. The highest BCUT2D eigenvalue weighted by Crippen LogP contribution is 2.28. The zero-order chi connectivity index (χ0) is 20.6. The Hall–Kier alpha value is -2.94. The molecule has 0 saturated carbocycles. The van der Waals surface area contributed by atoms with E-state index in [4.69, 9.17) is 9.26 Å². The molecule has 6 nitrogen and oxygen atoms in total. The van der Waals surface area contributed by atoms with Gasteiger partial charge in [-0.2, -0.15) is 16.7 Å². The fourth-order valence-electron chi connectivity index (χ4n) is 2.48. The fraction of sp³-hybridized carbons (Fsp3) is 0.250. The molecule has 0 saturated heterocycles.